The molecule has 5 heteroatoms. The van der Waals surface area contributed by atoms with Crippen LogP contribution in [0.2, 0.25) is 0 Å². The Balaban J connectivity index is 2.28. The van der Waals surface area contributed by atoms with Gasteiger partial charge in [-0.15, -0.1) is 11.3 Å². The maximum absolute atomic E-state index is 8.86. The van der Waals surface area contributed by atoms with E-state index < -0.39 is 0 Å². The molecular formula is C13H19N3OS. The van der Waals surface area contributed by atoms with Crippen molar-refractivity contribution in [2.45, 2.75) is 39.7 Å². The number of aliphatic hydroxyl groups excluding tert-OH is 1. The first-order valence-corrected chi connectivity index (χ1v) is 7.09. The van der Waals surface area contributed by atoms with Gasteiger partial charge in [0.2, 0.25) is 0 Å². The van der Waals surface area contributed by atoms with Crippen LogP contribution >= 0.6 is 11.3 Å². The largest absolute Gasteiger partial charge is 0.396 e. The van der Waals surface area contributed by atoms with Crippen LogP contribution in [0.5, 0.6) is 0 Å². The molecule has 0 amide bonds. The fourth-order valence-corrected chi connectivity index (χ4v) is 2.96. The van der Waals surface area contributed by atoms with Crippen molar-refractivity contribution < 1.29 is 5.11 Å². The molecule has 0 radical (unpaired) electrons. The fourth-order valence-electron chi connectivity index (χ4n) is 2.00. The average molecular weight is 265 g/mol. The Hall–Kier alpha value is -1.20. The minimum absolute atomic E-state index is 0.238. The van der Waals surface area contributed by atoms with E-state index in [1.807, 2.05) is 6.92 Å². The molecule has 2 aromatic heterocycles. The molecular weight excluding hydrogens is 246 g/mol. The number of anilines is 1. The Morgan fingerprint density at radius 3 is 2.89 bits per heavy atom. The number of fused-ring (bicyclic) bond motifs is 1. The number of nitrogens with zero attached hydrogens (tertiary/aromatic N) is 2. The van der Waals surface area contributed by atoms with E-state index in [1.165, 1.54) is 5.56 Å². The second kappa shape index (κ2) is 5.63. The molecule has 0 bridgehead atoms. The Kier molecular flexibility index (Phi) is 4.14. The van der Waals surface area contributed by atoms with Gasteiger partial charge in [0.25, 0.3) is 0 Å². The Bertz CT molecular complexity index is 538. The maximum Gasteiger partial charge on any atom is 0.138 e. The highest BCUT2D eigenvalue weighted by Crippen LogP contribution is 2.29. The lowest BCUT2D eigenvalue weighted by molar-refractivity contribution is 0.282. The molecule has 0 aromatic carbocycles. The lowest BCUT2D eigenvalue weighted by Gasteiger charge is -2.15. The normalized spacial score (nSPS) is 12.9. The van der Waals surface area contributed by atoms with Gasteiger partial charge in [-0.1, -0.05) is 0 Å². The average Bonchev–Trinajstić information content (AvgIpc) is 2.68. The van der Waals surface area contributed by atoms with Crippen LogP contribution in [0.3, 0.4) is 0 Å². The molecule has 0 saturated heterocycles. The van der Waals surface area contributed by atoms with Gasteiger partial charge < -0.3 is 10.4 Å². The minimum atomic E-state index is 0.238. The van der Waals surface area contributed by atoms with Crippen LogP contribution in [0.4, 0.5) is 5.82 Å². The first-order valence-electron chi connectivity index (χ1n) is 6.21. The molecule has 0 saturated carbocycles. The van der Waals surface area contributed by atoms with Crippen LogP contribution in [0.15, 0.2) is 5.38 Å². The quantitative estimate of drug-likeness (QED) is 0.872. The third-order valence-electron chi connectivity index (χ3n) is 2.91. The molecule has 0 aliphatic rings. The van der Waals surface area contributed by atoms with Crippen molar-refractivity contribution in [1.82, 2.24) is 9.97 Å². The van der Waals surface area contributed by atoms with Crippen molar-refractivity contribution in [1.29, 1.82) is 0 Å². The summed E-state index contributed by atoms with van der Waals surface area (Å²) in [6, 6.07) is 0.300. The van der Waals surface area contributed by atoms with E-state index in [9.17, 15) is 0 Å². The molecule has 1 atom stereocenters. The van der Waals surface area contributed by atoms with Crippen molar-refractivity contribution in [3.05, 3.63) is 16.8 Å². The summed E-state index contributed by atoms with van der Waals surface area (Å²) in [5.74, 6) is 1.71. The van der Waals surface area contributed by atoms with Crippen LogP contribution < -0.4 is 5.32 Å². The molecule has 1 unspecified atom stereocenters. The Morgan fingerprint density at radius 1 is 1.39 bits per heavy atom. The minimum Gasteiger partial charge on any atom is -0.396 e. The number of thiophene rings is 1. The molecule has 0 aliphatic carbocycles. The molecule has 98 valence electrons. The van der Waals surface area contributed by atoms with Gasteiger partial charge in [-0.2, -0.15) is 0 Å². The van der Waals surface area contributed by atoms with E-state index in [0.717, 1.165) is 34.7 Å². The van der Waals surface area contributed by atoms with Crippen LogP contribution in [0, 0.1) is 13.8 Å². The molecule has 0 aliphatic heterocycles. The zero-order valence-electron chi connectivity index (χ0n) is 11.0. The standard InChI is InChI=1S/C13H19N3OS/c1-8-7-18-13-11(8)12(15-10(3)16-13)14-9(2)5-4-6-17/h7,9,17H,4-6H2,1-3H3,(H,14,15,16). The fraction of sp³-hybridized carbons (Fsp3) is 0.538. The van der Waals surface area contributed by atoms with Crippen LogP contribution in [0.25, 0.3) is 10.2 Å². The van der Waals surface area contributed by atoms with Crippen molar-refractivity contribution >= 4 is 27.4 Å². The summed E-state index contributed by atoms with van der Waals surface area (Å²) < 4.78 is 0. The van der Waals surface area contributed by atoms with E-state index in [2.05, 4.69) is 34.5 Å². The van der Waals surface area contributed by atoms with Gasteiger partial charge in [0.15, 0.2) is 0 Å². The van der Waals surface area contributed by atoms with E-state index in [1.54, 1.807) is 11.3 Å². The smallest absolute Gasteiger partial charge is 0.138 e. The molecule has 2 aromatic rings. The van der Waals surface area contributed by atoms with Gasteiger partial charge in [0.05, 0.1) is 5.39 Å². The number of hydrogen-bond donors (Lipinski definition) is 2. The third-order valence-corrected chi connectivity index (χ3v) is 3.90. The predicted octanol–water partition coefficient (Wildman–Crippen LogP) is 2.88. The van der Waals surface area contributed by atoms with Crippen LogP contribution in [-0.4, -0.2) is 27.7 Å². The van der Waals surface area contributed by atoms with Gasteiger partial charge in [-0.25, -0.2) is 9.97 Å². The van der Waals surface area contributed by atoms with Gasteiger partial charge in [-0.3, -0.25) is 0 Å². The van der Waals surface area contributed by atoms with Gasteiger partial charge in [0, 0.05) is 12.6 Å². The number of hydrogen-bond acceptors (Lipinski definition) is 5. The summed E-state index contributed by atoms with van der Waals surface area (Å²) in [6.45, 7) is 6.35. The van der Waals surface area contributed by atoms with Crippen LogP contribution in [0.1, 0.15) is 31.2 Å². The zero-order chi connectivity index (χ0) is 13.1. The summed E-state index contributed by atoms with van der Waals surface area (Å²) in [7, 11) is 0. The highest BCUT2D eigenvalue weighted by Gasteiger charge is 2.12. The van der Waals surface area contributed by atoms with Gasteiger partial charge in [-0.05, 0) is 44.6 Å². The summed E-state index contributed by atoms with van der Waals surface area (Å²) >= 11 is 1.66. The highest BCUT2D eigenvalue weighted by molar-refractivity contribution is 7.17. The van der Waals surface area contributed by atoms with Crippen molar-refractivity contribution in [3.63, 3.8) is 0 Å². The van der Waals surface area contributed by atoms with Crippen LogP contribution in [-0.2, 0) is 0 Å². The second-order valence-corrected chi connectivity index (χ2v) is 5.49. The summed E-state index contributed by atoms with van der Waals surface area (Å²) in [4.78, 5) is 10.00. The summed E-state index contributed by atoms with van der Waals surface area (Å²) in [5.41, 5.74) is 1.21. The summed E-state index contributed by atoms with van der Waals surface area (Å²) in [6.07, 6.45) is 1.74. The van der Waals surface area contributed by atoms with E-state index in [0.29, 0.717) is 6.04 Å². The predicted molar refractivity (Wildman–Crippen MR) is 76.3 cm³/mol. The lowest BCUT2D eigenvalue weighted by atomic mass is 10.2. The van der Waals surface area contributed by atoms with Crippen molar-refractivity contribution in [2.75, 3.05) is 11.9 Å². The molecule has 2 heterocycles. The highest BCUT2D eigenvalue weighted by atomic mass is 32.1. The molecule has 2 rings (SSSR count). The number of aryl methyl sites for hydroxylation is 2. The Labute approximate surface area is 111 Å². The van der Waals surface area contributed by atoms with E-state index in [4.69, 9.17) is 5.11 Å². The number of aliphatic hydroxyl groups is 1. The monoisotopic (exact) mass is 265 g/mol. The van der Waals surface area contributed by atoms with Gasteiger partial charge in [0.1, 0.15) is 16.5 Å². The molecule has 4 nitrogen and oxygen atoms in total. The van der Waals surface area contributed by atoms with E-state index >= 15 is 0 Å². The van der Waals surface area contributed by atoms with Crippen molar-refractivity contribution in [2.24, 2.45) is 0 Å². The van der Waals surface area contributed by atoms with Crippen molar-refractivity contribution in [3.8, 4) is 0 Å². The topological polar surface area (TPSA) is 58.0 Å². The summed E-state index contributed by atoms with van der Waals surface area (Å²) in [5, 5.41) is 15.5. The first-order chi connectivity index (χ1) is 8.61. The molecule has 18 heavy (non-hydrogen) atoms. The first kappa shape index (κ1) is 13.2. The lowest BCUT2D eigenvalue weighted by Crippen LogP contribution is -2.17. The van der Waals surface area contributed by atoms with Gasteiger partial charge >= 0.3 is 0 Å². The molecule has 0 spiro atoms. The number of aromatic nitrogens is 2. The Morgan fingerprint density at radius 2 is 2.17 bits per heavy atom. The maximum atomic E-state index is 8.86. The second-order valence-electron chi connectivity index (χ2n) is 4.63. The SMILES string of the molecule is Cc1nc(NC(C)CCCO)c2c(C)csc2n1. The third kappa shape index (κ3) is 2.79. The number of nitrogens with one attached hydrogen (secondary N) is 1. The van der Waals surface area contributed by atoms with E-state index in [-0.39, 0.29) is 6.61 Å². The zero-order valence-corrected chi connectivity index (χ0v) is 11.8. The molecule has 2 N–H and O–H groups in total. The molecule has 0 fully saturated rings. The number of rotatable bonds is 5.